The molecule has 0 spiro atoms. The van der Waals surface area contributed by atoms with Crippen LogP contribution in [-0.2, 0) is 9.53 Å². The van der Waals surface area contributed by atoms with Gasteiger partial charge >= 0.3 is 5.97 Å². The predicted octanol–water partition coefficient (Wildman–Crippen LogP) is 2.83. The van der Waals surface area contributed by atoms with Gasteiger partial charge in [0.05, 0.1) is 7.11 Å². The first-order valence-electron chi connectivity index (χ1n) is 4.98. The third-order valence-corrected chi connectivity index (χ3v) is 2.74. The molecular formula is C11H18O2. The van der Waals surface area contributed by atoms with Gasteiger partial charge in [0, 0.05) is 6.42 Å². The highest BCUT2D eigenvalue weighted by molar-refractivity contribution is 5.69. The Morgan fingerprint density at radius 2 is 2.08 bits per heavy atom. The van der Waals surface area contributed by atoms with Crippen LogP contribution < -0.4 is 0 Å². The SMILES string of the molecule is COC(=O)CCC1=C(C)CCCC1. The Morgan fingerprint density at radius 3 is 2.69 bits per heavy atom. The first kappa shape index (κ1) is 10.3. The average Bonchev–Trinajstić information content (AvgIpc) is 2.16. The van der Waals surface area contributed by atoms with Gasteiger partial charge in [0.15, 0.2) is 0 Å². The van der Waals surface area contributed by atoms with Crippen LogP contribution in [0, 0.1) is 0 Å². The molecule has 0 aromatic rings. The van der Waals surface area contributed by atoms with Crippen molar-refractivity contribution in [1.29, 1.82) is 0 Å². The summed E-state index contributed by atoms with van der Waals surface area (Å²) >= 11 is 0. The van der Waals surface area contributed by atoms with E-state index in [9.17, 15) is 4.79 Å². The van der Waals surface area contributed by atoms with Crippen molar-refractivity contribution in [2.24, 2.45) is 0 Å². The molecule has 0 fully saturated rings. The third kappa shape index (κ3) is 3.21. The Hall–Kier alpha value is -0.790. The van der Waals surface area contributed by atoms with Crippen molar-refractivity contribution in [2.75, 3.05) is 7.11 Å². The molecule has 0 saturated heterocycles. The minimum Gasteiger partial charge on any atom is -0.469 e. The van der Waals surface area contributed by atoms with Crippen LogP contribution in [0.15, 0.2) is 11.1 Å². The second-order valence-electron chi connectivity index (χ2n) is 3.67. The number of carbonyl (C=O) groups excluding carboxylic acids is 1. The van der Waals surface area contributed by atoms with Crippen LogP contribution in [0.4, 0.5) is 0 Å². The van der Waals surface area contributed by atoms with E-state index < -0.39 is 0 Å². The second kappa shape index (κ2) is 5.05. The van der Waals surface area contributed by atoms with Gasteiger partial charge in [0.1, 0.15) is 0 Å². The maximum absolute atomic E-state index is 10.9. The van der Waals surface area contributed by atoms with E-state index in [-0.39, 0.29) is 5.97 Å². The fourth-order valence-electron chi connectivity index (χ4n) is 1.81. The molecule has 0 radical (unpaired) electrons. The lowest BCUT2D eigenvalue weighted by Gasteiger charge is -2.16. The molecular weight excluding hydrogens is 164 g/mol. The quantitative estimate of drug-likeness (QED) is 0.495. The zero-order valence-corrected chi connectivity index (χ0v) is 8.56. The van der Waals surface area contributed by atoms with Crippen LogP contribution in [0.5, 0.6) is 0 Å². The number of allylic oxidation sites excluding steroid dienone is 2. The standard InChI is InChI=1S/C11H18O2/c1-9-5-3-4-6-10(9)7-8-11(12)13-2/h3-8H2,1-2H3. The first-order chi connectivity index (χ1) is 6.24. The van der Waals surface area contributed by atoms with Gasteiger partial charge in [-0.15, -0.1) is 0 Å². The maximum atomic E-state index is 10.9. The number of hydrogen-bond acceptors (Lipinski definition) is 2. The number of methoxy groups -OCH3 is 1. The molecule has 0 bridgehead atoms. The second-order valence-corrected chi connectivity index (χ2v) is 3.67. The summed E-state index contributed by atoms with van der Waals surface area (Å²) in [5.74, 6) is -0.0918. The van der Waals surface area contributed by atoms with Crippen LogP contribution in [0.25, 0.3) is 0 Å². The lowest BCUT2D eigenvalue weighted by Crippen LogP contribution is -2.03. The summed E-state index contributed by atoms with van der Waals surface area (Å²) in [7, 11) is 1.45. The van der Waals surface area contributed by atoms with Gasteiger partial charge in [0.2, 0.25) is 0 Å². The van der Waals surface area contributed by atoms with Crippen molar-refractivity contribution in [3.05, 3.63) is 11.1 Å². The zero-order chi connectivity index (χ0) is 9.68. The summed E-state index contributed by atoms with van der Waals surface area (Å²) in [5, 5.41) is 0. The molecule has 0 N–H and O–H groups in total. The minimum atomic E-state index is -0.0918. The lowest BCUT2D eigenvalue weighted by molar-refractivity contribution is -0.140. The van der Waals surface area contributed by atoms with Gasteiger partial charge in [0.25, 0.3) is 0 Å². The van der Waals surface area contributed by atoms with E-state index in [1.807, 2.05) is 0 Å². The molecule has 1 rings (SSSR count). The topological polar surface area (TPSA) is 26.3 Å². The minimum absolute atomic E-state index is 0.0918. The van der Waals surface area contributed by atoms with E-state index >= 15 is 0 Å². The summed E-state index contributed by atoms with van der Waals surface area (Å²) in [5.41, 5.74) is 2.98. The molecule has 0 amide bonds. The first-order valence-corrected chi connectivity index (χ1v) is 4.98. The van der Waals surface area contributed by atoms with E-state index in [4.69, 9.17) is 0 Å². The predicted molar refractivity (Wildman–Crippen MR) is 52.4 cm³/mol. The Balaban J connectivity index is 2.38. The van der Waals surface area contributed by atoms with Gasteiger partial charge in [-0.05, 0) is 39.0 Å². The highest BCUT2D eigenvalue weighted by Gasteiger charge is 2.10. The molecule has 1 aliphatic carbocycles. The van der Waals surface area contributed by atoms with Gasteiger partial charge in [-0.3, -0.25) is 4.79 Å². The van der Waals surface area contributed by atoms with Gasteiger partial charge < -0.3 is 4.74 Å². The summed E-state index contributed by atoms with van der Waals surface area (Å²) in [6.45, 7) is 2.19. The molecule has 0 atom stereocenters. The summed E-state index contributed by atoms with van der Waals surface area (Å²) in [6.07, 6.45) is 6.45. The monoisotopic (exact) mass is 182 g/mol. The highest BCUT2D eigenvalue weighted by Crippen LogP contribution is 2.27. The van der Waals surface area contributed by atoms with E-state index in [1.165, 1.54) is 43.9 Å². The Morgan fingerprint density at radius 1 is 1.38 bits per heavy atom. The lowest BCUT2D eigenvalue weighted by atomic mass is 9.90. The molecule has 0 saturated carbocycles. The molecule has 0 heterocycles. The van der Waals surface area contributed by atoms with Crippen molar-refractivity contribution < 1.29 is 9.53 Å². The fraction of sp³-hybridized carbons (Fsp3) is 0.727. The maximum Gasteiger partial charge on any atom is 0.305 e. The summed E-state index contributed by atoms with van der Waals surface area (Å²) in [6, 6.07) is 0. The molecule has 13 heavy (non-hydrogen) atoms. The number of hydrogen-bond donors (Lipinski definition) is 0. The molecule has 74 valence electrons. The fourth-order valence-corrected chi connectivity index (χ4v) is 1.81. The van der Waals surface area contributed by atoms with Crippen molar-refractivity contribution in [3.63, 3.8) is 0 Å². The van der Waals surface area contributed by atoms with Gasteiger partial charge in [-0.25, -0.2) is 0 Å². The van der Waals surface area contributed by atoms with Crippen molar-refractivity contribution >= 4 is 5.97 Å². The number of esters is 1. The summed E-state index contributed by atoms with van der Waals surface area (Å²) < 4.78 is 4.61. The Bertz CT molecular complexity index is 216. The van der Waals surface area contributed by atoms with E-state index in [0.29, 0.717) is 6.42 Å². The van der Waals surface area contributed by atoms with Gasteiger partial charge in [-0.1, -0.05) is 11.1 Å². The zero-order valence-electron chi connectivity index (χ0n) is 8.56. The number of carbonyl (C=O) groups is 1. The van der Waals surface area contributed by atoms with Crippen LogP contribution >= 0.6 is 0 Å². The third-order valence-electron chi connectivity index (χ3n) is 2.74. The van der Waals surface area contributed by atoms with Crippen LogP contribution in [-0.4, -0.2) is 13.1 Å². The Kier molecular flexibility index (Phi) is 4.00. The summed E-state index contributed by atoms with van der Waals surface area (Å²) in [4.78, 5) is 10.9. The van der Waals surface area contributed by atoms with Crippen molar-refractivity contribution in [3.8, 4) is 0 Å². The van der Waals surface area contributed by atoms with Crippen LogP contribution in [0.2, 0.25) is 0 Å². The molecule has 0 unspecified atom stereocenters. The highest BCUT2D eigenvalue weighted by atomic mass is 16.5. The molecule has 0 aromatic heterocycles. The molecule has 1 aliphatic rings. The van der Waals surface area contributed by atoms with Crippen molar-refractivity contribution in [1.82, 2.24) is 0 Å². The average molecular weight is 182 g/mol. The number of rotatable bonds is 3. The largest absolute Gasteiger partial charge is 0.469 e. The van der Waals surface area contributed by atoms with E-state index in [2.05, 4.69) is 11.7 Å². The molecule has 2 nitrogen and oxygen atoms in total. The van der Waals surface area contributed by atoms with E-state index in [0.717, 1.165) is 6.42 Å². The van der Waals surface area contributed by atoms with Crippen molar-refractivity contribution in [2.45, 2.75) is 45.4 Å². The van der Waals surface area contributed by atoms with Crippen LogP contribution in [0.3, 0.4) is 0 Å². The normalized spacial score (nSPS) is 17.4. The molecule has 0 aromatic carbocycles. The number of ether oxygens (including phenoxy) is 1. The van der Waals surface area contributed by atoms with Gasteiger partial charge in [-0.2, -0.15) is 0 Å². The molecule has 2 heteroatoms. The smallest absolute Gasteiger partial charge is 0.305 e. The Labute approximate surface area is 80.0 Å². The van der Waals surface area contributed by atoms with E-state index in [1.54, 1.807) is 0 Å². The molecule has 0 aliphatic heterocycles. The van der Waals surface area contributed by atoms with Crippen LogP contribution in [0.1, 0.15) is 45.4 Å².